The second kappa shape index (κ2) is 9.18. The molecule has 138 valence electrons. The van der Waals surface area contributed by atoms with Crippen molar-refractivity contribution in [2.75, 3.05) is 0 Å². The molecule has 0 unspecified atom stereocenters. The Labute approximate surface area is 172 Å². The fourth-order valence-corrected chi connectivity index (χ4v) is 2.91. The summed E-state index contributed by atoms with van der Waals surface area (Å²) in [6, 6.07) is 19.2. The fourth-order valence-electron chi connectivity index (χ4n) is 2.39. The van der Waals surface area contributed by atoms with E-state index < -0.39 is 0 Å². The van der Waals surface area contributed by atoms with Crippen LogP contribution in [0, 0.1) is 5.82 Å². The molecule has 0 atom stereocenters. The first-order valence-electron chi connectivity index (χ1n) is 8.21. The van der Waals surface area contributed by atoms with Crippen LogP contribution >= 0.6 is 35.4 Å². The third kappa shape index (κ3) is 5.67. The van der Waals surface area contributed by atoms with E-state index >= 15 is 0 Å². The van der Waals surface area contributed by atoms with Gasteiger partial charge in [0.2, 0.25) is 0 Å². The summed E-state index contributed by atoms with van der Waals surface area (Å²) in [7, 11) is 0. The van der Waals surface area contributed by atoms with E-state index in [1.54, 1.807) is 24.3 Å². The number of hydrogen-bond donors (Lipinski definition) is 1. The van der Waals surface area contributed by atoms with E-state index in [1.807, 2.05) is 30.3 Å². The van der Waals surface area contributed by atoms with Gasteiger partial charge in [-0.25, -0.2) is 4.39 Å². The molecule has 0 aliphatic rings. The number of thiocarbonyl (C=S) groups is 1. The van der Waals surface area contributed by atoms with Crippen LogP contribution in [0.3, 0.4) is 0 Å². The van der Waals surface area contributed by atoms with Gasteiger partial charge >= 0.3 is 0 Å². The minimum absolute atomic E-state index is 0.252. The third-order valence-corrected chi connectivity index (χ3v) is 4.99. The SMILES string of the molecule is Fc1ccc(CNC(=S)c2ccc(OCc3ccc(Cl)c(Cl)c3)cc2)cc1. The molecule has 0 aliphatic carbocycles. The molecular weight excluding hydrogens is 404 g/mol. The first kappa shape index (κ1) is 19.6. The van der Waals surface area contributed by atoms with E-state index in [9.17, 15) is 4.39 Å². The molecule has 3 aromatic carbocycles. The number of rotatable bonds is 6. The quantitative estimate of drug-likeness (QED) is 0.482. The van der Waals surface area contributed by atoms with Gasteiger partial charge in [0, 0.05) is 12.1 Å². The highest BCUT2D eigenvalue weighted by atomic mass is 35.5. The monoisotopic (exact) mass is 419 g/mol. The van der Waals surface area contributed by atoms with Crippen molar-refractivity contribution in [3.63, 3.8) is 0 Å². The Morgan fingerprint density at radius 1 is 0.889 bits per heavy atom. The van der Waals surface area contributed by atoms with E-state index in [4.69, 9.17) is 40.2 Å². The van der Waals surface area contributed by atoms with E-state index in [2.05, 4.69) is 5.32 Å². The van der Waals surface area contributed by atoms with Crippen molar-refractivity contribution in [2.24, 2.45) is 0 Å². The molecule has 0 aromatic heterocycles. The Balaban J connectivity index is 1.53. The maximum absolute atomic E-state index is 12.9. The number of hydrogen-bond acceptors (Lipinski definition) is 2. The van der Waals surface area contributed by atoms with Gasteiger partial charge in [0.15, 0.2) is 0 Å². The van der Waals surface area contributed by atoms with Crippen LogP contribution in [0.4, 0.5) is 4.39 Å². The van der Waals surface area contributed by atoms with E-state index in [-0.39, 0.29) is 5.82 Å². The fraction of sp³-hybridized carbons (Fsp3) is 0.0952. The van der Waals surface area contributed by atoms with Crippen molar-refractivity contribution in [2.45, 2.75) is 13.2 Å². The van der Waals surface area contributed by atoms with Crippen LogP contribution in [0.15, 0.2) is 66.7 Å². The van der Waals surface area contributed by atoms with Gasteiger partial charge in [0.05, 0.1) is 10.0 Å². The van der Waals surface area contributed by atoms with Crippen LogP contribution < -0.4 is 10.1 Å². The summed E-state index contributed by atoms with van der Waals surface area (Å²) in [6.07, 6.45) is 0. The van der Waals surface area contributed by atoms with Crippen LogP contribution in [0.5, 0.6) is 5.75 Å². The summed E-state index contributed by atoms with van der Waals surface area (Å²) in [6.45, 7) is 0.929. The van der Waals surface area contributed by atoms with Gasteiger partial charge in [0.1, 0.15) is 23.2 Å². The van der Waals surface area contributed by atoms with Crippen molar-refractivity contribution in [3.8, 4) is 5.75 Å². The average molecular weight is 420 g/mol. The lowest BCUT2D eigenvalue weighted by Gasteiger charge is -2.10. The van der Waals surface area contributed by atoms with Crippen molar-refractivity contribution < 1.29 is 9.13 Å². The normalized spacial score (nSPS) is 10.5. The zero-order chi connectivity index (χ0) is 19.2. The van der Waals surface area contributed by atoms with Crippen molar-refractivity contribution >= 4 is 40.4 Å². The van der Waals surface area contributed by atoms with Gasteiger partial charge in [-0.05, 0) is 59.7 Å². The van der Waals surface area contributed by atoms with Crippen LogP contribution in [0.1, 0.15) is 16.7 Å². The van der Waals surface area contributed by atoms with Crippen LogP contribution in [0.25, 0.3) is 0 Å². The van der Waals surface area contributed by atoms with Crippen LogP contribution in [0.2, 0.25) is 10.0 Å². The van der Waals surface area contributed by atoms with Crippen molar-refractivity contribution in [1.29, 1.82) is 0 Å². The van der Waals surface area contributed by atoms with Crippen LogP contribution in [-0.2, 0) is 13.2 Å². The summed E-state index contributed by atoms with van der Waals surface area (Å²) in [4.78, 5) is 0.621. The molecule has 0 saturated carbocycles. The molecule has 0 bridgehead atoms. The van der Waals surface area contributed by atoms with Crippen molar-refractivity contribution in [1.82, 2.24) is 5.32 Å². The molecule has 0 fully saturated rings. The van der Waals surface area contributed by atoms with Gasteiger partial charge in [-0.15, -0.1) is 0 Å². The molecule has 27 heavy (non-hydrogen) atoms. The highest BCUT2D eigenvalue weighted by molar-refractivity contribution is 7.80. The summed E-state index contributed by atoms with van der Waals surface area (Å²) < 4.78 is 18.7. The zero-order valence-corrected chi connectivity index (χ0v) is 16.5. The number of halogens is 3. The third-order valence-electron chi connectivity index (χ3n) is 3.87. The molecule has 0 radical (unpaired) electrons. The summed E-state index contributed by atoms with van der Waals surface area (Å²) in [5.41, 5.74) is 2.78. The minimum atomic E-state index is -0.252. The molecule has 0 amide bonds. The second-order valence-electron chi connectivity index (χ2n) is 5.87. The predicted octanol–water partition coefficient (Wildman–Crippen LogP) is 6.18. The topological polar surface area (TPSA) is 21.3 Å². The first-order chi connectivity index (χ1) is 13.0. The Hall–Kier alpha value is -2.14. The lowest BCUT2D eigenvalue weighted by atomic mass is 10.2. The number of ether oxygens (including phenoxy) is 1. The molecule has 1 N–H and O–H groups in total. The lowest BCUT2D eigenvalue weighted by Crippen LogP contribution is -2.21. The number of nitrogens with one attached hydrogen (secondary N) is 1. The summed E-state index contributed by atoms with van der Waals surface area (Å²) in [5, 5.41) is 4.19. The maximum atomic E-state index is 12.9. The van der Waals surface area contributed by atoms with E-state index in [0.717, 1.165) is 22.4 Å². The largest absolute Gasteiger partial charge is 0.489 e. The molecule has 6 heteroatoms. The summed E-state index contributed by atoms with van der Waals surface area (Å²) in [5.74, 6) is 0.476. The Kier molecular flexibility index (Phi) is 6.67. The van der Waals surface area contributed by atoms with Gasteiger partial charge in [-0.3, -0.25) is 0 Å². The maximum Gasteiger partial charge on any atom is 0.123 e. The predicted molar refractivity (Wildman–Crippen MR) is 112 cm³/mol. The highest BCUT2D eigenvalue weighted by Crippen LogP contribution is 2.23. The number of benzene rings is 3. The van der Waals surface area contributed by atoms with Gasteiger partial charge < -0.3 is 10.1 Å². The Morgan fingerprint density at radius 2 is 1.56 bits per heavy atom. The second-order valence-corrected chi connectivity index (χ2v) is 7.09. The summed E-state index contributed by atoms with van der Waals surface area (Å²) >= 11 is 17.3. The minimum Gasteiger partial charge on any atom is -0.489 e. The average Bonchev–Trinajstić information content (AvgIpc) is 2.68. The molecular formula is C21H16Cl2FNOS. The standard InChI is InChI=1S/C21H16Cl2FNOS/c22-19-10-3-15(11-20(19)23)13-26-18-8-4-16(5-9-18)21(27)25-12-14-1-6-17(24)7-2-14/h1-11H,12-13H2,(H,25,27). The molecule has 2 nitrogen and oxygen atoms in total. The van der Waals surface area contributed by atoms with Crippen molar-refractivity contribution in [3.05, 3.63) is 99.3 Å². The lowest BCUT2D eigenvalue weighted by molar-refractivity contribution is 0.306. The highest BCUT2D eigenvalue weighted by Gasteiger charge is 2.04. The first-order valence-corrected chi connectivity index (χ1v) is 9.37. The van der Waals surface area contributed by atoms with Crippen LogP contribution in [-0.4, -0.2) is 4.99 Å². The molecule has 0 saturated heterocycles. The zero-order valence-electron chi connectivity index (χ0n) is 14.2. The molecule has 0 spiro atoms. The smallest absolute Gasteiger partial charge is 0.123 e. The van der Waals surface area contributed by atoms with Gasteiger partial charge in [-0.2, -0.15) is 0 Å². The Bertz CT molecular complexity index is 930. The molecule has 3 rings (SSSR count). The Morgan fingerprint density at radius 3 is 2.22 bits per heavy atom. The van der Waals surface area contributed by atoms with E-state index in [1.165, 1.54) is 12.1 Å². The molecule has 3 aromatic rings. The van der Waals surface area contributed by atoms with Gasteiger partial charge in [0.25, 0.3) is 0 Å². The molecule has 0 aliphatic heterocycles. The molecule has 0 heterocycles. The van der Waals surface area contributed by atoms with Gasteiger partial charge in [-0.1, -0.05) is 53.6 Å². The van der Waals surface area contributed by atoms with E-state index in [0.29, 0.717) is 28.2 Å².